The summed E-state index contributed by atoms with van der Waals surface area (Å²) in [5, 5.41) is 3.32. The quantitative estimate of drug-likeness (QED) is 0.858. The predicted molar refractivity (Wildman–Crippen MR) is 82.5 cm³/mol. The summed E-state index contributed by atoms with van der Waals surface area (Å²) in [5.41, 5.74) is 7.67. The molecule has 0 radical (unpaired) electrons. The van der Waals surface area contributed by atoms with Gasteiger partial charge in [-0.25, -0.2) is 4.39 Å². The van der Waals surface area contributed by atoms with Gasteiger partial charge >= 0.3 is 0 Å². The molecule has 1 atom stereocenters. The highest BCUT2D eigenvalue weighted by Crippen LogP contribution is 2.14. The molecule has 0 saturated heterocycles. The van der Waals surface area contributed by atoms with Crippen LogP contribution in [0.3, 0.4) is 0 Å². The van der Waals surface area contributed by atoms with E-state index in [2.05, 4.69) is 5.32 Å². The number of carbonyl (C=O) groups excluding carboxylic acids is 1. The van der Waals surface area contributed by atoms with E-state index < -0.39 is 0 Å². The van der Waals surface area contributed by atoms with E-state index in [0.717, 1.165) is 11.3 Å². The lowest BCUT2D eigenvalue weighted by Crippen LogP contribution is -2.19. The van der Waals surface area contributed by atoms with Crippen molar-refractivity contribution in [3.8, 4) is 0 Å². The fourth-order valence-electron chi connectivity index (χ4n) is 2.25. The van der Waals surface area contributed by atoms with E-state index in [9.17, 15) is 9.18 Å². The Labute approximate surface area is 124 Å². The number of amides is 1. The van der Waals surface area contributed by atoms with Gasteiger partial charge < -0.3 is 11.1 Å². The van der Waals surface area contributed by atoms with E-state index in [-0.39, 0.29) is 24.2 Å². The topological polar surface area (TPSA) is 55.1 Å². The van der Waals surface area contributed by atoms with Gasteiger partial charge in [-0.1, -0.05) is 30.3 Å². The molecular weight excluding hydrogens is 267 g/mol. The number of carbonyl (C=O) groups is 1. The average molecular weight is 286 g/mol. The third-order valence-electron chi connectivity index (χ3n) is 3.23. The predicted octanol–water partition coefficient (Wildman–Crippen LogP) is 2.90. The summed E-state index contributed by atoms with van der Waals surface area (Å²) in [4.78, 5) is 10.8. The van der Waals surface area contributed by atoms with Crippen LogP contribution in [-0.2, 0) is 17.6 Å². The number of anilines is 1. The van der Waals surface area contributed by atoms with Crippen molar-refractivity contribution in [1.29, 1.82) is 0 Å². The van der Waals surface area contributed by atoms with Crippen LogP contribution in [-0.4, -0.2) is 11.9 Å². The van der Waals surface area contributed by atoms with Crippen LogP contribution in [0.1, 0.15) is 18.1 Å². The molecule has 2 rings (SSSR count). The van der Waals surface area contributed by atoms with Gasteiger partial charge in [-0.3, -0.25) is 4.79 Å². The summed E-state index contributed by atoms with van der Waals surface area (Å²) in [6, 6.07) is 14.4. The smallest absolute Gasteiger partial charge is 0.221 e. The highest BCUT2D eigenvalue weighted by molar-refractivity contribution is 5.76. The van der Waals surface area contributed by atoms with Gasteiger partial charge in [-0.15, -0.1) is 0 Å². The van der Waals surface area contributed by atoms with Gasteiger partial charge in [0.25, 0.3) is 0 Å². The summed E-state index contributed by atoms with van der Waals surface area (Å²) in [5.74, 6) is -0.522. The van der Waals surface area contributed by atoms with E-state index in [1.54, 1.807) is 12.1 Å². The van der Waals surface area contributed by atoms with Crippen molar-refractivity contribution in [3.63, 3.8) is 0 Å². The highest BCUT2D eigenvalue weighted by Gasteiger charge is 2.07. The van der Waals surface area contributed by atoms with Gasteiger partial charge in [0.1, 0.15) is 5.82 Å². The fraction of sp³-hybridized carbons (Fsp3) is 0.235. The van der Waals surface area contributed by atoms with Crippen molar-refractivity contribution in [2.24, 2.45) is 5.73 Å². The third kappa shape index (κ3) is 4.60. The molecule has 3 nitrogen and oxygen atoms in total. The molecule has 110 valence electrons. The monoisotopic (exact) mass is 286 g/mol. The van der Waals surface area contributed by atoms with Crippen molar-refractivity contribution >= 4 is 11.6 Å². The van der Waals surface area contributed by atoms with Crippen LogP contribution in [0.15, 0.2) is 48.5 Å². The van der Waals surface area contributed by atoms with Gasteiger partial charge in [0.05, 0.1) is 6.42 Å². The number of nitrogens with two attached hydrogens (primary N) is 1. The zero-order valence-electron chi connectivity index (χ0n) is 12.0. The Balaban J connectivity index is 1.95. The zero-order valence-corrected chi connectivity index (χ0v) is 12.0. The molecule has 0 saturated carbocycles. The van der Waals surface area contributed by atoms with Crippen LogP contribution in [0.5, 0.6) is 0 Å². The van der Waals surface area contributed by atoms with Crippen molar-refractivity contribution in [2.75, 3.05) is 5.32 Å². The SMILES string of the molecule is CC(Cc1ccccc1F)Nc1ccc(CC(N)=O)cc1. The van der Waals surface area contributed by atoms with Gasteiger partial charge in [-0.2, -0.15) is 0 Å². The molecule has 0 aromatic heterocycles. The molecule has 0 bridgehead atoms. The number of halogens is 1. The molecule has 0 aliphatic carbocycles. The Bertz CT molecular complexity index is 610. The standard InChI is InChI=1S/C17H19FN2O/c1-12(10-14-4-2-3-5-16(14)18)20-15-8-6-13(7-9-15)11-17(19)21/h2-9,12,20H,10-11H2,1H3,(H2,19,21). The lowest BCUT2D eigenvalue weighted by Gasteiger charge is -2.16. The van der Waals surface area contributed by atoms with Gasteiger partial charge in [0, 0.05) is 11.7 Å². The van der Waals surface area contributed by atoms with Gasteiger partial charge in [-0.05, 0) is 42.7 Å². The Morgan fingerprint density at radius 2 is 1.86 bits per heavy atom. The summed E-state index contributed by atoms with van der Waals surface area (Å²) in [7, 11) is 0. The van der Waals surface area contributed by atoms with E-state index in [0.29, 0.717) is 12.0 Å². The van der Waals surface area contributed by atoms with Crippen molar-refractivity contribution in [3.05, 3.63) is 65.5 Å². The third-order valence-corrected chi connectivity index (χ3v) is 3.23. The molecule has 0 fully saturated rings. The molecule has 2 aromatic rings. The minimum Gasteiger partial charge on any atom is -0.382 e. The first-order valence-electron chi connectivity index (χ1n) is 6.92. The number of rotatable bonds is 6. The lowest BCUT2D eigenvalue weighted by molar-refractivity contribution is -0.117. The molecule has 1 amide bonds. The Kier molecular flexibility index (Phi) is 4.93. The van der Waals surface area contributed by atoms with Crippen LogP contribution >= 0.6 is 0 Å². The zero-order chi connectivity index (χ0) is 15.2. The van der Waals surface area contributed by atoms with Gasteiger partial charge in [0.15, 0.2) is 0 Å². The first-order valence-corrected chi connectivity index (χ1v) is 6.92. The summed E-state index contributed by atoms with van der Waals surface area (Å²) >= 11 is 0. The first-order chi connectivity index (χ1) is 10.0. The van der Waals surface area contributed by atoms with E-state index in [4.69, 9.17) is 5.73 Å². The average Bonchev–Trinajstić information content (AvgIpc) is 2.43. The van der Waals surface area contributed by atoms with Crippen molar-refractivity contribution < 1.29 is 9.18 Å². The van der Waals surface area contributed by atoms with Crippen molar-refractivity contribution in [2.45, 2.75) is 25.8 Å². The van der Waals surface area contributed by atoms with E-state index in [1.165, 1.54) is 6.07 Å². The van der Waals surface area contributed by atoms with Crippen LogP contribution in [0, 0.1) is 5.82 Å². The van der Waals surface area contributed by atoms with Crippen LogP contribution in [0.4, 0.5) is 10.1 Å². The Morgan fingerprint density at radius 1 is 1.19 bits per heavy atom. The summed E-state index contributed by atoms with van der Waals surface area (Å²) in [6.07, 6.45) is 0.848. The summed E-state index contributed by atoms with van der Waals surface area (Å²) < 4.78 is 13.6. The molecule has 0 aliphatic heterocycles. The molecule has 0 spiro atoms. The second-order valence-corrected chi connectivity index (χ2v) is 5.18. The number of primary amides is 1. The first kappa shape index (κ1) is 15.0. The normalized spacial score (nSPS) is 11.9. The highest BCUT2D eigenvalue weighted by atomic mass is 19.1. The fourth-order valence-corrected chi connectivity index (χ4v) is 2.25. The number of hydrogen-bond donors (Lipinski definition) is 2. The molecule has 0 aliphatic rings. The molecular formula is C17H19FN2O. The Morgan fingerprint density at radius 3 is 2.48 bits per heavy atom. The maximum Gasteiger partial charge on any atom is 0.221 e. The molecule has 1 unspecified atom stereocenters. The van der Waals surface area contributed by atoms with E-state index in [1.807, 2.05) is 37.3 Å². The largest absolute Gasteiger partial charge is 0.382 e. The van der Waals surface area contributed by atoms with Gasteiger partial charge in [0.2, 0.25) is 5.91 Å². The minimum atomic E-state index is -0.344. The molecule has 0 heterocycles. The van der Waals surface area contributed by atoms with Crippen LogP contribution in [0.25, 0.3) is 0 Å². The number of hydrogen-bond acceptors (Lipinski definition) is 2. The second-order valence-electron chi connectivity index (χ2n) is 5.18. The molecule has 4 heteroatoms. The molecule has 21 heavy (non-hydrogen) atoms. The maximum absolute atomic E-state index is 13.6. The number of nitrogens with one attached hydrogen (secondary N) is 1. The van der Waals surface area contributed by atoms with Crippen LogP contribution in [0.2, 0.25) is 0 Å². The lowest BCUT2D eigenvalue weighted by atomic mass is 10.1. The van der Waals surface area contributed by atoms with E-state index >= 15 is 0 Å². The van der Waals surface area contributed by atoms with Crippen molar-refractivity contribution in [1.82, 2.24) is 0 Å². The molecule has 3 N–H and O–H groups in total. The minimum absolute atomic E-state index is 0.101. The van der Waals surface area contributed by atoms with Crippen LogP contribution < -0.4 is 11.1 Å². The number of benzene rings is 2. The Hall–Kier alpha value is -2.36. The summed E-state index contributed by atoms with van der Waals surface area (Å²) in [6.45, 7) is 2.00. The second kappa shape index (κ2) is 6.88. The molecule has 2 aromatic carbocycles. The maximum atomic E-state index is 13.6.